The standard InChI is InChI=1S/C14H21N3O3S/c1-9(2)17-6-3-10(4-7-17)15-14(20)16-12-11(13(18)19)5-8-21-12/h5,8-10H,3-4,6-7H2,1-2H3,(H,18,19)(H2,15,16,20). The van der Waals surface area contributed by atoms with Gasteiger partial charge >= 0.3 is 12.0 Å². The van der Waals surface area contributed by atoms with Crippen LogP contribution in [0.25, 0.3) is 0 Å². The molecule has 7 heteroatoms. The zero-order valence-electron chi connectivity index (χ0n) is 12.3. The third kappa shape index (κ3) is 4.18. The molecule has 2 rings (SSSR count). The molecule has 116 valence electrons. The molecule has 21 heavy (non-hydrogen) atoms. The van der Waals surface area contributed by atoms with Crippen LogP contribution in [0.2, 0.25) is 0 Å². The van der Waals surface area contributed by atoms with Gasteiger partial charge in [-0.3, -0.25) is 5.32 Å². The van der Waals surface area contributed by atoms with Gasteiger partial charge in [-0.25, -0.2) is 9.59 Å². The fourth-order valence-corrected chi connectivity index (χ4v) is 3.23. The van der Waals surface area contributed by atoms with Crippen molar-refractivity contribution in [3.05, 3.63) is 17.0 Å². The summed E-state index contributed by atoms with van der Waals surface area (Å²) in [6.45, 7) is 6.29. The van der Waals surface area contributed by atoms with Crippen LogP contribution in [0.15, 0.2) is 11.4 Å². The lowest BCUT2D eigenvalue weighted by atomic mass is 10.0. The maximum atomic E-state index is 11.9. The van der Waals surface area contributed by atoms with Gasteiger partial charge in [0.25, 0.3) is 0 Å². The molecule has 6 nitrogen and oxygen atoms in total. The number of amides is 2. The molecule has 1 fully saturated rings. The lowest BCUT2D eigenvalue weighted by Gasteiger charge is -2.34. The Hall–Kier alpha value is -1.60. The van der Waals surface area contributed by atoms with Gasteiger partial charge in [-0.15, -0.1) is 11.3 Å². The fourth-order valence-electron chi connectivity index (χ4n) is 2.46. The molecule has 1 aliphatic heterocycles. The predicted octanol–water partition coefficient (Wildman–Crippen LogP) is 2.44. The largest absolute Gasteiger partial charge is 0.478 e. The van der Waals surface area contributed by atoms with Crippen LogP contribution in [0, 0.1) is 0 Å². The zero-order chi connectivity index (χ0) is 15.4. The first kappa shape index (κ1) is 15.8. The second-order valence-electron chi connectivity index (χ2n) is 5.47. The van der Waals surface area contributed by atoms with Crippen LogP contribution >= 0.6 is 11.3 Å². The highest BCUT2D eigenvalue weighted by Gasteiger charge is 2.22. The first-order valence-corrected chi connectivity index (χ1v) is 7.97. The molecule has 0 bridgehead atoms. The summed E-state index contributed by atoms with van der Waals surface area (Å²) in [5.41, 5.74) is 0.129. The Labute approximate surface area is 128 Å². The van der Waals surface area contributed by atoms with Crippen LogP contribution in [0.1, 0.15) is 37.0 Å². The highest BCUT2D eigenvalue weighted by Crippen LogP contribution is 2.23. The van der Waals surface area contributed by atoms with Crippen molar-refractivity contribution in [2.75, 3.05) is 18.4 Å². The smallest absolute Gasteiger partial charge is 0.338 e. The van der Waals surface area contributed by atoms with E-state index in [9.17, 15) is 9.59 Å². The number of piperidine rings is 1. The molecule has 2 heterocycles. The number of carboxylic acid groups (broad SMARTS) is 1. The van der Waals surface area contributed by atoms with E-state index in [-0.39, 0.29) is 17.6 Å². The second kappa shape index (κ2) is 6.91. The van der Waals surface area contributed by atoms with Gasteiger partial charge in [0.1, 0.15) is 5.00 Å². The number of carboxylic acids is 1. The molecule has 0 spiro atoms. The number of urea groups is 1. The lowest BCUT2D eigenvalue weighted by Crippen LogP contribution is -2.47. The molecule has 0 aromatic carbocycles. The quantitative estimate of drug-likeness (QED) is 0.797. The minimum Gasteiger partial charge on any atom is -0.478 e. The van der Waals surface area contributed by atoms with Crippen molar-refractivity contribution in [3.8, 4) is 0 Å². The van der Waals surface area contributed by atoms with Crippen LogP contribution in [0.5, 0.6) is 0 Å². The van der Waals surface area contributed by atoms with Crippen molar-refractivity contribution < 1.29 is 14.7 Å². The molecular formula is C14H21N3O3S. The van der Waals surface area contributed by atoms with Crippen LogP contribution in [0.3, 0.4) is 0 Å². The first-order valence-electron chi connectivity index (χ1n) is 7.09. The molecule has 1 aliphatic rings. The summed E-state index contributed by atoms with van der Waals surface area (Å²) >= 11 is 1.21. The van der Waals surface area contributed by atoms with Gasteiger partial charge in [-0.1, -0.05) is 0 Å². The van der Waals surface area contributed by atoms with Gasteiger partial charge in [0.15, 0.2) is 0 Å². The van der Waals surface area contributed by atoms with Gasteiger partial charge in [0, 0.05) is 25.2 Å². The van der Waals surface area contributed by atoms with Crippen molar-refractivity contribution in [2.24, 2.45) is 0 Å². The van der Waals surface area contributed by atoms with Gasteiger partial charge in [0.2, 0.25) is 0 Å². The van der Waals surface area contributed by atoms with E-state index in [2.05, 4.69) is 29.4 Å². The number of anilines is 1. The monoisotopic (exact) mass is 311 g/mol. The van der Waals surface area contributed by atoms with Crippen molar-refractivity contribution in [1.29, 1.82) is 0 Å². The van der Waals surface area contributed by atoms with Gasteiger partial charge in [-0.05, 0) is 38.1 Å². The van der Waals surface area contributed by atoms with Crippen molar-refractivity contribution in [3.63, 3.8) is 0 Å². The Balaban J connectivity index is 1.83. The Morgan fingerprint density at radius 1 is 1.38 bits per heavy atom. The topological polar surface area (TPSA) is 81.7 Å². The third-order valence-corrected chi connectivity index (χ3v) is 4.55. The molecule has 0 aliphatic carbocycles. The minimum atomic E-state index is -1.03. The van der Waals surface area contributed by atoms with Gasteiger partial charge in [0.05, 0.1) is 5.56 Å². The van der Waals surface area contributed by atoms with E-state index in [1.54, 1.807) is 5.38 Å². The number of carbonyl (C=O) groups excluding carboxylic acids is 1. The lowest BCUT2D eigenvalue weighted by molar-refractivity contribution is 0.0698. The number of hydrogen-bond donors (Lipinski definition) is 3. The van der Waals surface area contributed by atoms with E-state index in [0.29, 0.717) is 11.0 Å². The zero-order valence-corrected chi connectivity index (χ0v) is 13.1. The van der Waals surface area contributed by atoms with E-state index in [1.165, 1.54) is 17.4 Å². The number of hydrogen-bond acceptors (Lipinski definition) is 4. The predicted molar refractivity (Wildman–Crippen MR) is 83.2 cm³/mol. The van der Waals surface area contributed by atoms with E-state index in [0.717, 1.165) is 25.9 Å². The number of rotatable bonds is 4. The highest BCUT2D eigenvalue weighted by molar-refractivity contribution is 7.14. The van der Waals surface area contributed by atoms with E-state index in [1.807, 2.05) is 0 Å². The van der Waals surface area contributed by atoms with Crippen molar-refractivity contribution in [1.82, 2.24) is 10.2 Å². The molecule has 0 radical (unpaired) electrons. The van der Waals surface area contributed by atoms with Gasteiger partial charge < -0.3 is 15.3 Å². The first-order chi connectivity index (χ1) is 9.97. The Kier molecular flexibility index (Phi) is 5.19. The summed E-state index contributed by atoms with van der Waals surface area (Å²) in [4.78, 5) is 25.3. The van der Waals surface area contributed by atoms with Crippen LogP contribution in [-0.4, -0.2) is 47.2 Å². The van der Waals surface area contributed by atoms with Crippen LogP contribution in [0.4, 0.5) is 9.80 Å². The SMILES string of the molecule is CC(C)N1CCC(NC(=O)Nc2sccc2C(=O)O)CC1. The second-order valence-corrected chi connectivity index (χ2v) is 6.39. The van der Waals surface area contributed by atoms with Crippen molar-refractivity contribution >= 4 is 28.3 Å². The summed E-state index contributed by atoms with van der Waals surface area (Å²) in [6.07, 6.45) is 1.84. The maximum Gasteiger partial charge on any atom is 0.338 e. The van der Waals surface area contributed by atoms with E-state index < -0.39 is 5.97 Å². The normalized spacial score (nSPS) is 16.9. The highest BCUT2D eigenvalue weighted by atomic mass is 32.1. The molecule has 3 N–H and O–H groups in total. The van der Waals surface area contributed by atoms with Crippen molar-refractivity contribution in [2.45, 2.75) is 38.8 Å². The fraction of sp³-hybridized carbons (Fsp3) is 0.571. The number of aromatic carboxylic acids is 1. The average molecular weight is 311 g/mol. The molecule has 0 atom stereocenters. The number of nitrogens with zero attached hydrogens (tertiary/aromatic N) is 1. The minimum absolute atomic E-state index is 0.129. The molecule has 1 saturated heterocycles. The number of thiophene rings is 1. The summed E-state index contributed by atoms with van der Waals surface area (Å²) < 4.78 is 0. The molecule has 1 aromatic rings. The molecule has 0 saturated carbocycles. The number of likely N-dealkylation sites (tertiary alicyclic amines) is 1. The molecule has 0 unspecified atom stereocenters. The average Bonchev–Trinajstić information content (AvgIpc) is 2.87. The summed E-state index contributed by atoms with van der Waals surface area (Å²) in [5.74, 6) is -1.03. The van der Waals surface area contributed by atoms with E-state index in [4.69, 9.17) is 5.11 Å². The van der Waals surface area contributed by atoms with Crippen LogP contribution < -0.4 is 10.6 Å². The maximum absolute atomic E-state index is 11.9. The molecule has 1 aromatic heterocycles. The number of nitrogens with one attached hydrogen (secondary N) is 2. The molecular weight excluding hydrogens is 290 g/mol. The summed E-state index contributed by atoms with van der Waals surface area (Å²) in [7, 11) is 0. The van der Waals surface area contributed by atoms with E-state index >= 15 is 0 Å². The van der Waals surface area contributed by atoms with Gasteiger partial charge in [-0.2, -0.15) is 0 Å². The number of carbonyl (C=O) groups is 2. The summed E-state index contributed by atoms with van der Waals surface area (Å²) in [5, 5.41) is 16.6. The third-order valence-electron chi connectivity index (χ3n) is 3.72. The Morgan fingerprint density at radius 2 is 2.05 bits per heavy atom. The summed E-state index contributed by atoms with van der Waals surface area (Å²) in [6, 6.07) is 1.84. The van der Waals surface area contributed by atoms with Crippen LogP contribution in [-0.2, 0) is 0 Å². The Bertz CT molecular complexity index is 507. The Morgan fingerprint density at radius 3 is 2.62 bits per heavy atom. The molecule has 2 amide bonds.